The lowest BCUT2D eigenvalue weighted by atomic mass is 10.2. The normalized spacial score (nSPS) is 14.4. The van der Waals surface area contributed by atoms with Crippen LogP contribution >= 0.6 is 11.8 Å². The lowest BCUT2D eigenvalue weighted by Crippen LogP contribution is -2.31. The molecule has 1 atom stereocenters. The van der Waals surface area contributed by atoms with Crippen molar-refractivity contribution in [2.24, 2.45) is 0 Å². The number of thioether (sulfide) groups is 1. The van der Waals surface area contributed by atoms with E-state index in [1.807, 2.05) is 0 Å². The fourth-order valence-electron chi connectivity index (χ4n) is 1.02. The summed E-state index contributed by atoms with van der Waals surface area (Å²) in [5.74, 6) is -3.86. The van der Waals surface area contributed by atoms with Crippen LogP contribution in [0.4, 0.5) is 26.3 Å². The Kier molecular flexibility index (Phi) is 6.87. The molecule has 0 aromatic heterocycles. The first-order valence-corrected chi connectivity index (χ1v) is 6.14. The number of halogens is 6. The highest BCUT2D eigenvalue weighted by molar-refractivity contribution is 7.99. The van der Waals surface area contributed by atoms with Gasteiger partial charge in [0.2, 0.25) is 0 Å². The van der Waals surface area contributed by atoms with Crippen molar-refractivity contribution in [2.75, 3.05) is 11.5 Å². The Labute approximate surface area is 104 Å². The molecule has 0 unspecified atom stereocenters. The molecule has 0 aromatic carbocycles. The van der Waals surface area contributed by atoms with Crippen molar-refractivity contribution < 1.29 is 35.9 Å². The van der Waals surface area contributed by atoms with Crippen molar-refractivity contribution in [1.82, 2.24) is 0 Å². The van der Waals surface area contributed by atoms with Crippen molar-refractivity contribution >= 4 is 17.7 Å². The van der Waals surface area contributed by atoms with Gasteiger partial charge in [-0.1, -0.05) is 13.3 Å². The van der Waals surface area contributed by atoms with Gasteiger partial charge in [0, 0.05) is 5.75 Å². The maximum atomic E-state index is 11.9. The molecular formula is C9H12F6O2S. The Morgan fingerprint density at radius 3 is 2.17 bits per heavy atom. The number of alkyl halides is 6. The number of rotatable bonds is 6. The fourth-order valence-corrected chi connectivity index (χ4v) is 1.87. The number of carbonyl (C=O) groups excluding carboxylic acids is 1. The number of ether oxygens (including phenoxy) is 1. The van der Waals surface area contributed by atoms with Gasteiger partial charge in [-0.05, 0) is 6.42 Å². The van der Waals surface area contributed by atoms with Crippen molar-refractivity contribution in [1.29, 1.82) is 0 Å². The molecule has 0 heterocycles. The first-order chi connectivity index (χ1) is 8.06. The molecule has 0 amide bonds. The molecule has 18 heavy (non-hydrogen) atoms. The maximum absolute atomic E-state index is 11.9. The molecule has 108 valence electrons. The van der Waals surface area contributed by atoms with E-state index in [1.54, 1.807) is 6.92 Å². The van der Waals surface area contributed by atoms with Crippen molar-refractivity contribution in [3.05, 3.63) is 0 Å². The first kappa shape index (κ1) is 17.4. The molecule has 9 heteroatoms. The van der Waals surface area contributed by atoms with Gasteiger partial charge in [-0.3, -0.25) is 0 Å². The van der Waals surface area contributed by atoms with Crippen LogP contribution in [0, 0.1) is 0 Å². The monoisotopic (exact) mass is 298 g/mol. The zero-order valence-electron chi connectivity index (χ0n) is 9.40. The minimum atomic E-state index is -5.12. The van der Waals surface area contributed by atoms with Gasteiger partial charge < -0.3 is 4.74 Å². The second-order valence-corrected chi connectivity index (χ2v) is 4.47. The van der Waals surface area contributed by atoms with Gasteiger partial charge in [0.05, 0.1) is 5.75 Å². The molecule has 0 aromatic rings. The fraction of sp³-hybridized carbons (Fsp3) is 0.889. The molecule has 0 rings (SSSR count). The van der Waals surface area contributed by atoms with E-state index in [0.29, 0.717) is 18.2 Å². The standard InChI is InChI=1S/C9H12F6O2S/c1-2-3-6(4-18-5-8(10,11)12)17-7(16)9(13,14)15/h6H,2-5H2,1H3/t6-/m0/s1. The summed E-state index contributed by atoms with van der Waals surface area (Å²) in [6.07, 6.45) is -10.2. The Balaban J connectivity index is 4.19. The highest BCUT2D eigenvalue weighted by Crippen LogP contribution is 2.24. The SMILES string of the molecule is CCC[C@@H](CSCC(F)(F)F)OC(=O)C(F)(F)F. The summed E-state index contributed by atoms with van der Waals surface area (Å²) in [5, 5.41) is 0. The van der Waals surface area contributed by atoms with E-state index in [0.717, 1.165) is 0 Å². The third-order valence-corrected chi connectivity index (χ3v) is 2.82. The second-order valence-electron chi connectivity index (χ2n) is 3.44. The van der Waals surface area contributed by atoms with Crippen LogP contribution in [-0.2, 0) is 9.53 Å². The highest BCUT2D eigenvalue weighted by Gasteiger charge is 2.42. The zero-order chi connectivity index (χ0) is 14.4. The summed E-state index contributed by atoms with van der Waals surface area (Å²) in [4.78, 5) is 10.5. The number of hydrogen-bond acceptors (Lipinski definition) is 3. The number of carbonyl (C=O) groups is 1. The van der Waals surface area contributed by atoms with E-state index in [2.05, 4.69) is 4.74 Å². The van der Waals surface area contributed by atoms with Gasteiger partial charge >= 0.3 is 18.3 Å². The summed E-state index contributed by atoms with van der Waals surface area (Å²) >= 11 is 0.391. The van der Waals surface area contributed by atoms with Crippen LogP contribution in [-0.4, -0.2) is 35.9 Å². The van der Waals surface area contributed by atoms with Crippen molar-refractivity contribution in [3.63, 3.8) is 0 Å². The Morgan fingerprint density at radius 1 is 1.22 bits per heavy atom. The van der Waals surface area contributed by atoms with Crippen LogP contribution in [0.5, 0.6) is 0 Å². The van der Waals surface area contributed by atoms with E-state index in [-0.39, 0.29) is 12.2 Å². The lowest BCUT2D eigenvalue weighted by molar-refractivity contribution is -0.204. The van der Waals surface area contributed by atoms with E-state index in [1.165, 1.54) is 0 Å². The molecule has 0 saturated carbocycles. The van der Waals surface area contributed by atoms with Gasteiger partial charge in [-0.25, -0.2) is 4.79 Å². The molecule has 0 radical (unpaired) electrons. The van der Waals surface area contributed by atoms with E-state index < -0.39 is 30.2 Å². The topological polar surface area (TPSA) is 26.3 Å². The number of hydrogen-bond donors (Lipinski definition) is 0. The maximum Gasteiger partial charge on any atom is 0.490 e. The molecule has 0 bridgehead atoms. The quantitative estimate of drug-likeness (QED) is 0.554. The second kappa shape index (κ2) is 7.10. The highest BCUT2D eigenvalue weighted by atomic mass is 32.2. The van der Waals surface area contributed by atoms with Crippen LogP contribution in [0.15, 0.2) is 0 Å². The molecular weight excluding hydrogens is 286 g/mol. The van der Waals surface area contributed by atoms with E-state index >= 15 is 0 Å². The number of esters is 1. The summed E-state index contributed by atoms with van der Waals surface area (Å²) < 4.78 is 75.3. The summed E-state index contributed by atoms with van der Waals surface area (Å²) in [6.45, 7) is 1.63. The van der Waals surface area contributed by atoms with Crippen LogP contribution in [0.25, 0.3) is 0 Å². The van der Waals surface area contributed by atoms with Crippen LogP contribution in [0.2, 0.25) is 0 Å². The van der Waals surface area contributed by atoms with Crippen molar-refractivity contribution in [2.45, 2.75) is 38.2 Å². The third kappa shape index (κ3) is 8.48. The van der Waals surface area contributed by atoms with Gasteiger partial charge in [0.15, 0.2) is 0 Å². The molecule has 0 N–H and O–H groups in total. The summed E-state index contributed by atoms with van der Waals surface area (Å²) in [6, 6.07) is 0. The van der Waals surface area contributed by atoms with Crippen molar-refractivity contribution in [3.8, 4) is 0 Å². The van der Waals surface area contributed by atoms with E-state index in [4.69, 9.17) is 0 Å². The predicted octanol–water partition coefficient (Wildman–Crippen LogP) is 3.56. The van der Waals surface area contributed by atoms with E-state index in [9.17, 15) is 31.1 Å². The largest absolute Gasteiger partial charge is 0.490 e. The van der Waals surface area contributed by atoms with Gasteiger partial charge in [-0.2, -0.15) is 26.3 Å². The molecule has 0 aliphatic rings. The molecule has 0 fully saturated rings. The van der Waals surface area contributed by atoms with Crippen LogP contribution in [0.1, 0.15) is 19.8 Å². The molecule has 0 saturated heterocycles. The average molecular weight is 298 g/mol. The minimum absolute atomic E-state index is 0.0900. The first-order valence-electron chi connectivity index (χ1n) is 4.98. The molecule has 0 aliphatic carbocycles. The minimum Gasteiger partial charge on any atom is -0.455 e. The smallest absolute Gasteiger partial charge is 0.455 e. The van der Waals surface area contributed by atoms with Crippen LogP contribution < -0.4 is 0 Å². The Hall–Kier alpha value is -0.600. The third-order valence-electron chi connectivity index (χ3n) is 1.69. The Morgan fingerprint density at radius 2 is 1.78 bits per heavy atom. The molecule has 2 nitrogen and oxygen atoms in total. The molecule has 0 aliphatic heterocycles. The Bertz CT molecular complexity index is 263. The summed E-state index contributed by atoms with van der Waals surface area (Å²) in [7, 11) is 0. The zero-order valence-corrected chi connectivity index (χ0v) is 10.2. The van der Waals surface area contributed by atoms with Crippen LogP contribution in [0.3, 0.4) is 0 Å². The average Bonchev–Trinajstić information content (AvgIpc) is 2.14. The van der Waals surface area contributed by atoms with Gasteiger partial charge in [-0.15, -0.1) is 11.8 Å². The lowest BCUT2D eigenvalue weighted by Gasteiger charge is -2.18. The predicted molar refractivity (Wildman–Crippen MR) is 54.2 cm³/mol. The summed E-state index contributed by atoms with van der Waals surface area (Å²) in [5.41, 5.74) is 0. The molecule has 0 spiro atoms. The van der Waals surface area contributed by atoms with Gasteiger partial charge in [0.25, 0.3) is 0 Å². The van der Waals surface area contributed by atoms with Gasteiger partial charge in [0.1, 0.15) is 6.10 Å².